The van der Waals surface area contributed by atoms with Crippen LogP contribution in [0.4, 0.5) is 0 Å². The van der Waals surface area contributed by atoms with Crippen molar-refractivity contribution in [2.45, 2.75) is 26.7 Å². The summed E-state index contributed by atoms with van der Waals surface area (Å²) in [7, 11) is 0. The Hall–Kier alpha value is -3.01. The Morgan fingerprint density at radius 1 is 1.15 bits per heavy atom. The van der Waals surface area contributed by atoms with Crippen LogP contribution in [0.25, 0.3) is 16.5 Å². The van der Waals surface area contributed by atoms with Gasteiger partial charge < -0.3 is 14.4 Å². The third kappa shape index (κ3) is 3.47. The Labute approximate surface area is 158 Å². The van der Waals surface area contributed by atoms with Crippen LogP contribution in [0.2, 0.25) is 0 Å². The SMILES string of the molecule is Cc1cc2occ(CC(=O)N3CC=C(c4ccc(O)cc4)CC3)c2cc1C. The molecule has 0 spiro atoms. The summed E-state index contributed by atoms with van der Waals surface area (Å²) in [5.41, 5.74) is 6.51. The first kappa shape index (κ1) is 17.4. The maximum atomic E-state index is 12.8. The van der Waals surface area contributed by atoms with Crippen LogP contribution in [0.3, 0.4) is 0 Å². The van der Waals surface area contributed by atoms with Gasteiger partial charge in [0, 0.05) is 24.0 Å². The maximum absolute atomic E-state index is 12.8. The number of amides is 1. The van der Waals surface area contributed by atoms with E-state index in [-0.39, 0.29) is 11.7 Å². The normalized spacial score (nSPS) is 14.4. The van der Waals surface area contributed by atoms with E-state index in [1.807, 2.05) is 23.1 Å². The van der Waals surface area contributed by atoms with Crippen LogP contribution < -0.4 is 0 Å². The standard InChI is InChI=1S/C23H23NO3/c1-15-11-21-19(14-27-22(21)12-16(15)2)13-23(26)24-9-7-18(8-10-24)17-3-5-20(25)6-4-17/h3-7,11-12,14,25H,8-10,13H2,1-2H3. The number of phenolic OH excluding ortho intramolecular Hbond substituents is 1. The number of nitrogens with zero attached hydrogens (tertiary/aromatic N) is 1. The van der Waals surface area contributed by atoms with Crippen molar-refractivity contribution >= 4 is 22.4 Å². The predicted molar refractivity (Wildman–Crippen MR) is 107 cm³/mol. The molecular formula is C23H23NO3. The van der Waals surface area contributed by atoms with Gasteiger partial charge in [-0.15, -0.1) is 0 Å². The van der Waals surface area contributed by atoms with Crippen molar-refractivity contribution < 1.29 is 14.3 Å². The van der Waals surface area contributed by atoms with Gasteiger partial charge in [0.25, 0.3) is 0 Å². The molecule has 0 fully saturated rings. The molecule has 1 aliphatic rings. The Balaban J connectivity index is 1.47. The Morgan fingerprint density at radius 2 is 1.89 bits per heavy atom. The van der Waals surface area contributed by atoms with Gasteiger partial charge in [-0.1, -0.05) is 18.2 Å². The van der Waals surface area contributed by atoms with Crippen molar-refractivity contribution in [2.24, 2.45) is 0 Å². The molecule has 0 unspecified atom stereocenters. The van der Waals surface area contributed by atoms with Gasteiger partial charge in [-0.2, -0.15) is 0 Å². The number of benzene rings is 2. The van der Waals surface area contributed by atoms with Gasteiger partial charge in [0.2, 0.25) is 5.91 Å². The molecule has 0 aliphatic carbocycles. The smallest absolute Gasteiger partial charge is 0.227 e. The molecule has 3 aromatic rings. The average molecular weight is 361 g/mol. The third-order valence-electron chi connectivity index (χ3n) is 5.41. The summed E-state index contributed by atoms with van der Waals surface area (Å²) in [6.45, 7) is 5.46. The zero-order valence-corrected chi connectivity index (χ0v) is 15.7. The van der Waals surface area contributed by atoms with E-state index in [1.165, 1.54) is 16.7 Å². The summed E-state index contributed by atoms with van der Waals surface area (Å²) in [5.74, 6) is 0.390. The van der Waals surface area contributed by atoms with Gasteiger partial charge in [-0.05, 0) is 66.8 Å². The fourth-order valence-electron chi connectivity index (χ4n) is 3.58. The van der Waals surface area contributed by atoms with Crippen LogP contribution in [0.5, 0.6) is 5.75 Å². The molecular weight excluding hydrogens is 338 g/mol. The first-order chi connectivity index (χ1) is 13.0. The minimum atomic E-state index is 0.122. The van der Waals surface area contributed by atoms with Crippen LogP contribution in [0, 0.1) is 13.8 Å². The number of phenols is 1. The molecule has 1 aromatic heterocycles. The fourth-order valence-corrected chi connectivity index (χ4v) is 3.58. The lowest BCUT2D eigenvalue weighted by Gasteiger charge is -2.26. The lowest BCUT2D eigenvalue weighted by atomic mass is 9.99. The molecule has 1 aliphatic heterocycles. The van der Waals surface area contributed by atoms with Gasteiger partial charge >= 0.3 is 0 Å². The van der Waals surface area contributed by atoms with E-state index in [9.17, 15) is 9.90 Å². The van der Waals surface area contributed by atoms with E-state index in [4.69, 9.17) is 4.42 Å². The topological polar surface area (TPSA) is 53.7 Å². The van der Waals surface area contributed by atoms with Gasteiger partial charge in [-0.25, -0.2) is 0 Å². The Bertz CT molecular complexity index is 1030. The second-order valence-electron chi connectivity index (χ2n) is 7.24. The zero-order valence-electron chi connectivity index (χ0n) is 15.7. The second kappa shape index (κ2) is 6.95. The third-order valence-corrected chi connectivity index (χ3v) is 5.41. The molecule has 27 heavy (non-hydrogen) atoms. The summed E-state index contributed by atoms with van der Waals surface area (Å²) in [4.78, 5) is 14.7. The highest BCUT2D eigenvalue weighted by Gasteiger charge is 2.20. The number of aromatic hydroxyl groups is 1. The van der Waals surface area contributed by atoms with Crippen molar-refractivity contribution in [3.8, 4) is 5.75 Å². The van der Waals surface area contributed by atoms with E-state index in [1.54, 1.807) is 18.4 Å². The van der Waals surface area contributed by atoms with Gasteiger partial charge in [0.1, 0.15) is 11.3 Å². The number of aryl methyl sites for hydroxylation is 2. The van der Waals surface area contributed by atoms with Crippen LogP contribution >= 0.6 is 0 Å². The number of carbonyl (C=O) groups excluding carboxylic acids is 1. The lowest BCUT2D eigenvalue weighted by Crippen LogP contribution is -2.35. The molecule has 1 amide bonds. The summed E-state index contributed by atoms with van der Waals surface area (Å²) in [6.07, 6.45) is 5.00. The summed E-state index contributed by atoms with van der Waals surface area (Å²) in [6, 6.07) is 11.4. The van der Waals surface area contributed by atoms with Crippen LogP contribution in [0.1, 0.15) is 28.7 Å². The molecule has 0 radical (unpaired) electrons. The van der Waals surface area contributed by atoms with Gasteiger partial charge in [0.15, 0.2) is 0 Å². The van der Waals surface area contributed by atoms with E-state index >= 15 is 0 Å². The quantitative estimate of drug-likeness (QED) is 0.741. The van der Waals surface area contributed by atoms with Crippen molar-refractivity contribution in [1.29, 1.82) is 0 Å². The fraction of sp³-hybridized carbons (Fsp3) is 0.261. The molecule has 0 atom stereocenters. The second-order valence-corrected chi connectivity index (χ2v) is 7.24. The highest BCUT2D eigenvalue weighted by Crippen LogP contribution is 2.27. The van der Waals surface area contributed by atoms with Crippen LogP contribution in [-0.2, 0) is 11.2 Å². The minimum Gasteiger partial charge on any atom is -0.508 e. The van der Waals surface area contributed by atoms with Crippen molar-refractivity contribution in [3.05, 3.63) is 71.0 Å². The van der Waals surface area contributed by atoms with Gasteiger partial charge in [0.05, 0.1) is 12.7 Å². The highest BCUT2D eigenvalue weighted by molar-refractivity contribution is 5.89. The van der Waals surface area contributed by atoms with Crippen molar-refractivity contribution in [3.63, 3.8) is 0 Å². The number of furan rings is 1. The summed E-state index contributed by atoms with van der Waals surface area (Å²) >= 11 is 0. The van der Waals surface area contributed by atoms with Crippen LogP contribution in [-0.4, -0.2) is 29.0 Å². The number of hydrogen-bond acceptors (Lipinski definition) is 3. The van der Waals surface area contributed by atoms with E-state index in [0.29, 0.717) is 19.5 Å². The molecule has 0 bridgehead atoms. The van der Waals surface area contributed by atoms with Gasteiger partial charge in [-0.3, -0.25) is 4.79 Å². The van der Waals surface area contributed by atoms with E-state index in [0.717, 1.165) is 28.5 Å². The first-order valence-corrected chi connectivity index (χ1v) is 9.25. The molecule has 138 valence electrons. The maximum Gasteiger partial charge on any atom is 0.227 e. The Kier molecular flexibility index (Phi) is 4.48. The van der Waals surface area contributed by atoms with Crippen LogP contribution in [0.15, 0.2) is 53.2 Å². The molecule has 4 heteroatoms. The van der Waals surface area contributed by atoms with E-state index < -0.39 is 0 Å². The zero-order chi connectivity index (χ0) is 19.0. The minimum absolute atomic E-state index is 0.122. The molecule has 2 heterocycles. The molecule has 4 rings (SSSR count). The molecule has 0 saturated heterocycles. The molecule has 0 saturated carbocycles. The lowest BCUT2D eigenvalue weighted by molar-refractivity contribution is -0.130. The first-order valence-electron chi connectivity index (χ1n) is 9.25. The van der Waals surface area contributed by atoms with Crippen molar-refractivity contribution in [1.82, 2.24) is 4.90 Å². The summed E-state index contributed by atoms with van der Waals surface area (Å²) in [5, 5.41) is 10.5. The number of carbonyl (C=O) groups is 1. The molecule has 1 N–H and O–H groups in total. The monoisotopic (exact) mass is 361 g/mol. The van der Waals surface area contributed by atoms with E-state index in [2.05, 4.69) is 26.0 Å². The average Bonchev–Trinajstić information content (AvgIpc) is 3.04. The number of rotatable bonds is 3. The number of hydrogen-bond donors (Lipinski definition) is 1. The van der Waals surface area contributed by atoms with Crippen molar-refractivity contribution in [2.75, 3.05) is 13.1 Å². The molecule has 4 nitrogen and oxygen atoms in total. The Morgan fingerprint density at radius 3 is 2.59 bits per heavy atom. The highest BCUT2D eigenvalue weighted by atomic mass is 16.3. The number of fused-ring (bicyclic) bond motifs is 1. The largest absolute Gasteiger partial charge is 0.508 e. The predicted octanol–water partition coefficient (Wildman–Crippen LogP) is 4.61. The molecule has 2 aromatic carbocycles. The summed E-state index contributed by atoms with van der Waals surface area (Å²) < 4.78 is 5.65.